The Balaban J connectivity index is 2.05. The van der Waals surface area contributed by atoms with Gasteiger partial charge in [0.15, 0.2) is 5.13 Å². The van der Waals surface area contributed by atoms with Crippen LogP contribution in [0.25, 0.3) is 0 Å². The molecule has 21 heavy (non-hydrogen) atoms. The highest BCUT2D eigenvalue weighted by atomic mass is 32.1. The Morgan fingerprint density at radius 1 is 1.19 bits per heavy atom. The highest BCUT2D eigenvalue weighted by Crippen LogP contribution is 2.22. The second-order valence-electron chi connectivity index (χ2n) is 5.35. The lowest BCUT2D eigenvalue weighted by Gasteiger charge is -2.18. The van der Waals surface area contributed by atoms with Crippen molar-refractivity contribution in [3.8, 4) is 0 Å². The lowest BCUT2D eigenvalue weighted by atomic mass is 10.1. The van der Waals surface area contributed by atoms with E-state index in [2.05, 4.69) is 10.3 Å². The number of rotatable bonds is 3. The molecular formula is C15H16N2O3S. The summed E-state index contributed by atoms with van der Waals surface area (Å²) in [5.74, 6) is -0.120. The van der Waals surface area contributed by atoms with Crippen LogP contribution in [0.4, 0.5) is 9.93 Å². The molecule has 5 nitrogen and oxygen atoms in total. The number of thiazole rings is 1. The molecule has 0 saturated carbocycles. The molecule has 110 valence electrons. The molecule has 0 atom stereocenters. The van der Waals surface area contributed by atoms with Gasteiger partial charge in [0, 0.05) is 5.56 Å². The van der Waals surface area contributed by atoms with Crippen molar-refractivity contribution in [3.63, 3.8) is 0 Å². The van der Waals surface area contributed by atoms with E-state index in [1.54, 1.807) is 45.0 Å². The van der Waals surface area contributed by atoms with E-state index >= 15 is 0 Å². The van der Waals surface area contributed by atoms with Gasteiger partial charge in [0.2, 0.25) is 5.78 Å². The molecule has 1 amide bonds. The van der Waals surface area contributed by atoms with Gasteiger partial charge in [0.05, 0.1) is 11.1 Å². The molecule has 6 heteroatoms. The Labute approximate surface area is 127 Å². The summed E-state index contributed by atoms with van der Waals surface area (Å²) in [7, 11) is 0. The second-order valence-corrected chi connectivity index (χ2v) is 6.38. The van der Waals surface area contributed by atoms with Crippen molar-refractivity contribution in [3.05, 3.63) is 47.0 Å². The highest BCUT2D eigenvalue weighted by molar-refractivity contribution is 7.17. The van der Waals surface area contributed by atoms with Crippen LogP contribution in [-0.4, -0.2) is 22.5 Å². The third kappa shape index (κ3) is 4.39. The van der Waals surface area contributed by atoms with Crippen molar-refractivity contribution in [2.24, 2.45) is 0 Å². The molecule has 0 radical (unpaired) electrons. The summed E-state index contributed by atoms with van der Waals surface area (Å²) >= 11 is 1.12. The number of ether oxygens (including phenoxy) is 1. The molecule has 1 aromatic carbocycles. The Morgan fingerprint density at radius 3 is 2.48 bits per heavy atom. The number of nitrogens with zero attached hydrogens (tertiary/aromatic N) is 1. The SMILES string of the molecule is CC(C)(C)OC(=O)Nc1ncc(C(=O)c2ccccc2)s1. The zero-order valence-electron chi connectivity index (χ0n) is 12.0. The van der Waals surface area contributed by atoms with Crippen LogP contribution in [0.3, 0.4) is 0 Å². The lowest BCUT2D eigenvalue weighted by Crippen LogP contribution is -2.27. The summed E-state index contributed by atoms with van der Waals surface area (Å²) in [5.41, 5.74) is 0.00860. The number of aromatic nitrogens is 1. The predicted molar refractivity (Wildman–Crippen MR) is 81.8 cm³/mol. The molecule has 0 aliphatic carbocycles. The van der Waals surface area contributed by atoms with E-state index < -0.39 is 11.7 Å². The molecular weight excluding hydrogens is 288 g/mol. The third-order valence-corrected chi connectivity index (χ3v) is 3.28. The number of amides is 1. The van der Waals surface area contributed by atoms with Gasteiger partial charge in [-0.1, -0.05) is 41.7 Å². The minimum atomic E-state index is -0.587. The van der Waals surface area contributed by atoms with Gasteiger partial charge in [-0.25, -0.2) is 9.78 Å². The zero-order valence-corrected chi connectivity index (χ0v) is 12.9. The van der Waals surface area contributed by atoms with E-state index in [1.807, 2.05) is 6.07 Å². The van der Waals surface area contributed by atoms with Crippen LogP contribution in [0.2, 0.25) is 0 Å². The number of hydrogen-bond acceptors (Lipinski definition) is 5. The summed E-state index contributed by atoms with van der Waals surface area (Å²) in [6, 6.07) is 8.92. The zero-order chi connectivity index (χ0) is 15.5. The van der Waals surface area contributed by atoms with E-state index in [-0.39, 0.29) is 5.78 Å². The minimum absolute atomic E-state index is 0.120. The van der Waals surface area contributed by atoms with E-state index in [4.69, 9.17) is 4.74 Å². The molecule has 0 unspecified atom stereocenters. The fourth-order valence-electron chi connectivity index (χ4n) is 1.56. The Hall–Kier alpha value is -2.21. The van der Waals surface area contributed by atoms with Gasteiger partial charge in [0.25, 0.3) is 0 Å². The normalized spacial score (nSPS) is 11.0. The first-order valence-corrected chi connectivity index (χ1v) is 7.22. The van der Waals surface area contributed by atoms with Crippen LogP contribution in [-0.2, 0) is 4.74 Å². The summed E-state index contributed by atoms with van der Waals surface area (Å²) in [6.07, 6.45) is 0.864. The molecule has 0 spiro atoms. The van der Waals surface area contributed by atoms with Crippen molar-refractivity contribution in [1.29, 1.82) is 0 Å². The largest absolute Gasteiger partial charge is 0.444 e. The van der Waals surface area contributed by atoms with Crippen molar-refractivity contribution >= 4 is 28.3 Å². The fraction of sp³-hybridized carbons (Fsp3) is 0.267. The van der Waals surface area contributed by atoms with E-state index in [0.717, 1.165) is 11.3 Å². The molecule has 2 aromatic rings. The quantitative estimate of drug-likeness (QED) is 0.877. The van der Waals surface area contributed by atoms with Crippen molar-refractivity contribution in [2.75, 3.05) is 5.32 Å². The van der Waals surface area contributed by atoms with Crippen molar-refractivity contribution in [2.45, 2.75) is 26.4 Å². The molecule has 0 saturated heterocycles. The average Bonchev–Trinajstić information content (AvgIpc) is 2.85. The highest BCUT2D eigenvalue weighted by Gasteiger charge is 2.18. The van der Waals surface area contributed by atoms with Crippen LogP contribution >= 0.6 is 11.3 Å². The standard InChI is InChI=1S/C15H16N2O3S/c1-15(2,3)20-14(19)17-13-16-9-11(21-13)12(18)10-7-5-4-6-8-10/h4-9H,1-3H3,(H,16,17,19). The topological polar surface area (TPSA) is 68.3 Å². The summed E-state index contributed by atoms with van der Waals surface area (Å²) < 4.78 is 5.13. The maximum absolute atomic E-state index is 12.2. The molecule has 1 heterocycles. The Morgan fingerprint density at radius 2 is 1.86 bits per heavy atom. The summed E-state index contributed by atoms with van der Waals surface area (Å²) in [6.45, 7) is 5.33. The second kappa shape index (κ2) is 6.05. The number of nitrogens with one attached hydrogen (secondary N) is 1. The van der Waals surface area contributed by atoms with Gasteiger partial charge < -0.3 is 4.74 Å². The van der Waals surface area contributed by atoms with E-state index in [0.29, 0.717) is 15.6 Å². The molecule has 0 fully saturated rings. The molecule has 1 N–H and O–H groups in total. The Kier molecular flexibility index (Phi) is 4.37. The maximum atomic E-state index is 12.2. The molecule has 0 bridgehead atoms. The number of ketones is 1. The van der Waals surface area contributed by atoms with Gasteiger partial charge in [0.1, 0.15) is 5.60 Å². The van der Waals surface area contributed by atoms with Gasteiger partial charge in [-0.05, 0) is 20.8 Å². The number of anilines is 1. The smallest absolute Gasteiger partial charge is 0.413 e. The number of carbonyl (C=O) groups is 2. The minimum Gasteiger partial charge on any atom is -0.444 e. The third-order valence-electron chi connectivity index (χ3n) is 2.37. The fourth-order valence-corrected chi connectivity index (χ4v) is 2.32. The molecule has 0 aliphatic heterocycles. The van der Waals surface area contributed by atoms with Gasteiger partial charge in [-0.15, -0.1) is 0 Å². The van der Waals surface area contributed by atoms with Gasteiger partial charge >= 0.3 is 6.09 Å². The lowest BCUT2D eigenvalue weighted by molar-refractivity contribution is 0.0635. The molecule has 0 aliphatic rings. The first kappa shape index (κ1) is 15.2. The first-order valence-electron chi connectivity index (χ1n) is 6.41. The first-order chi connectivity index (χ1) is 9.85. The van der Waals surface area contributed by atoms with Crippen LogP contribution in [0.1, 0.15) is 36.0 Å². The van der Waals surface area contributed by atoms with Crippen LogP contribution in [0.5, 0.6) is 0 Å². The van der Waals surface area contributed by atoms with Crippen molar-refractivity contribution in [1.82, 2.24) is 4.98 Å². The van der Waals surface area contributed by atoms with E-state index in [1.165, 1.54) is 6.20 Å². The monoisotopic (exact) mass is 304 g/mol. The van der Waals surface area contributed by atoms with Crippen LogP contribution in [0.15, 0.2) is 36.5 Å². The molecule has 1 aromatic heterocycles. The van der Waals surface area contributed by atoms with Gasteiger partial charge in [-0.2, -0.15) is 0 Å². The maximum Gasteiger partial charge on any atom is 0.413 e. The number of hydrogen-bond donors (Lipinski definition) is 1. The average molecular weight is 304 g/mol. The summed E-state index contributed by atoms with van der Waals surface area (Å²) in [4.78, 5) is 28.3. The Bertz CT molecular complexity index is 644. The van der Waals surface area contributed by atoms with Gasteiger partial charge in [-0.3, -0.25) is 10.1 Å². The molecule has 2 rings (SSSR count). The number of benzene rings is 1. The van der Waals surface area contributed by atoms with Crippen LogP contribution in [0, 0.1) is 0 Å². The number of carbonyl (C=O) groups excluding carboxylic acids is 2. The van der Waals surface area contributed by atoms with E-state index in [9.17, 15) is 9.59 Å². The predicted octanol–water partition coefficient (Wildman–Crippen LogP) is 3.72. The van der Waals surface area contributed by atoms with Crippen LogP contribution < -0.4 is 5.32 Å². The summed E-state index contributed by atoms with van der Waals surface area (Å²) in [5, 5.41) is 2.86. The van der Waals surface area contributed by atoms with Crippen molar-refractivity contribution < 1.29 is 14.3 Å².